The zero-order valence-electron chi connectivity index (χ0n) is 12.6. The van der Waals surface area contributed by atoms with Crippen LogP contribution < -0.4 is 0 Å². The fraction of sp³-hybridized carbons (Fsp3) is 0.923. The van der Waals surface area contributed by atoms with E-state index < -0.39 is 30.7 Å². The van der Waals surface area contributed by atoms with E-state index in [1.165, 1.54) is 21.3 Å². The third-order valence-corrected chi connectivity index (χ3v) is 3.29. The summed E-state index contributed by atoms with van der Waals surface area (Å²) in [5, 5.41) is 9.91. The second kappa shape index (κ2) is 7.90. The summed E-state index contributed by atoms with van der Waals surface area (Å²) in [6.45, 7) is 3.47. The Kier molecular flexibility index (Phi) is 6.84. The van der Waals surface area contributed by atoms with Crippen LogP contribution >= 0.6 is 0 Å². The Balaban J connectivity index is 2.72. The van der Waals surface area contributed by atoms with Gasteiger partial charge in [-0.15, -0.1) is 0 Å². The summed E-state index contributed by atoms with van der Waals surface area (Å²) < 4.78 is 26.4. The molecule has 1 saturated heterocycles. The highest BCUT2D eigenvalue weighted by atomic mass is 16.7. The molecule has 0 saturated carbocycles. The largest absolute Gasteiger partial charge is 0.463 e. The van der Waals surface area contributed by atoms with Crippen LogP contribution in [0.5, 0.6) is 0 Å². The van der Waals surface area contributed by atoms with Gasteiger partial charge in [-0.3, -0.25) is 4.79 Å². The molecule has 1 aliphatic heterocycles. The Bertz CT molecular complexity index is 307. The molecule has 0 aromatic heterocycles. The first-order valence-corrected chi connectivity index (χ1v) is 6.54. The highest BCUT2D eigenvalue weighted by molar-refractivity contribution is 5.71. The molecule has 0 unspecified atom stereocenters. The number of rotatable bonds is 6. The van der Waals surface area contributed by atoms with Gasteiger partial charge in [0.1, 0.15) is 31.0 Å². The summed E-state index contributed by atoms with van der Waals surface area (Å²) in [4.78, 5) is 11.5. The molecule has 1 fully saturated rings. The van der Waals surface area contributed by atoms with Crippen LogP contribution in [0.4, 0.5) is 0 Å². The quantitative estimate of drug-likeness (QED) is 0.687. The monoisotopic (exact) mass is 292 g/mol. The number of carbonyl (C=O) groups is 1. The highest BCUT2D eigenvalue weighted by Gasteiger charge is 2.46. The fourth-order valence-electron chi connectivity index (χ4n) is 2.16. The molecule has 0 aliphatic carbocycles. The topological polar surface area (TPSA) is 83.5 Å². The van der Waals surface area contributed by atoms with Crippen molar-refractivity contribution in [3.05, 3.63) is 0 Å². The molecule has 1 heterocycles. The van der Waals surface area contributed by atoms with Gasteiger partial charge in [-0.2, -0.15) is 0 Å². The second-order valence-corrected chi connectivity index (χ2v) is 4.95. The molecule has 1 rings (SSSR count). The average molecular weight is 292 g/mol. The van der Waals surface area contributed by atoms with Crippen molar-refractivity contribution in [2.24, 2.45) is 5.92 Å². The number of aliphatic hydroxyl groups excluding tert-OH is 1. The Morgan fingerprint density at radius 1 is 1.10 bits per heavy atom. The summed E-state index contributed by atoms with van der Waals surface area (Å²) in [6, 6.07) is 0. The number of esters is 1. The molecular formula is C13H24O7. The lowest BCUT2D eigenvalue weighted by molar-refractivity contribution is -0.300. The first-order valence-electron chi connectivity index (χ1n) is 6.54. The number of ether oxygens (including phenoxy) is 5. The van der Waals surface area contributed by atoms with Crippen molar-refractivity contribution in [3.8, 4) is 0 Å². The van der Waals surface area contributed by atoms with E-state index in [2.05, 4.69) is 0 Å². The van der Waals surface area contributed by atoms with Crippen LogP contribution in [0.25, 0.3) is 0 Å². The first kappa shape index (κ1) is 17.3. The molecule has 1 N–H and O–H groups in total. The van der Waals surface area contributed by atoms with Crippen molar-refractivity contribution >= 4 is 5.97 Å². The van der Waals surface area contributed by atoms with Gasteiger partial charge < -0.3 is 28.8 Å². The molecule has 0 aromatic carbocycles. The molecule has 0 amide bonds. The maximum absolute atomic E-state index is 11.5. The van der Waals surface area contributed by atoms with E-state index in [1.54, 1.807) is 13.8 Å². The molecule has 0 bridgehead atoms. The molecular weight excluding hydrogens is 268 g/mol. The number of methoxy groups -OCH3 is 3. The zero-order valence-corrected chi connectivity index (χ0v) is 12.6. The molecule has 0 aromatic rings. The first-order chi connectivity index (χ1) is 9.46. The lowest BCUT2D eigenvalue weighted by Crippen LogP contribution is -2.60. The van der Waals surface area contributed by atoms with Crippen LogP contribution in [0.1, 0.15) is 13.8 Å². The van der Waals surface area contributed by atoms with Crippen molar-refractivity contribution in [3.63, 3.8) is 0 Å². The highest BCUT2D eigenvalue weighted by Crippen LogP contribution is 2.26. The van der Waals surface area contributed by atoms with E-state index in [-0.39, 0.29) is 18.5 Å². The molecule has 20 heavy (non-hydrogen) atoms. The van der Waals surface area contributed by atoms with Crippen LogP contribution in [0.2, 0.25) is 0 Å². The summed E-state index contributed by atoms with van der Waals surface area (Å²) in [6.07, 6.45) is -3.47. The maximum Gasteiger partial charge on any atom is 0.308 e. The van der Waals surface area contributed by atoms with Crippen LogP contribution in [-0.4, -0.2) is 69.7 Å². The second-order valence-electron chi connectivity index (χ2n) is 4.95. The molecule has 7 nitrogen and oxygen atoms in total. The molecule has 0 spiro atoms. The number of aliphatic hydroxyl groups is 1. The number of hydrogen-bond acceptors (Lipinski definition) is 7. The van der Waals surface area contributed by atoms with Crippen molar-refractivity contribution < 1.29 is 33.6 Å². The Labute approximate surface area is 119 Å². The number of carbonyl (C=O) groups excluding carboxylic acids is 1. The van der Waals surface area contributed by atoms with Gasteiger partial charge in [-0.05, 0) is 0 Å². The van der Waals surface area contributed by atoms with Gasteiger partial charge in [-0.1, -0.05) is 13.8 Å². The van der Waals surface area contributed by atoms with Crippen LogP contribution in [0, 0.1) is 5.92 Å². The van der Waals surface area contributed by atoms with E-state index in [0.717, 1.165) is 0 Å². The van der Waals surface area contributed by atoms with E-state index in [4.69, 9.17) is 23.7 Å². The third-order valence-electron chi connectivity index (χ3n) is 3.29. The Morgan fingerprint density at radius 3 is 2.10 bits per heavy atom. The molecule has 1 aliphatic rings. The predicted molar refractivity (Wildman–Crippen MR) is 69.1 cm³/mol. The smallest absolute Gasteiger partial charge is 0.308 e. The minimum absolute atomic E-state index is 0.0110. The van der Waals surface area contributed by atoms with Gasteiger partial charge in [0.05, 0.1) is 5.92 Å². The fourth-order valence-corrected chi connectivity index (χ4v) is 2.16. The predicted octanol–water partition coefficient (Wildman–Crippen LogP) is -0.0522. The zero-order chi connectivity index (χ0) is 15.3. The van der Waals surface area contributed by atoms with E-state index in [9.17, 15) is 9.90 Å². The van der Waals surface area contributed by atoms with Crippen LogP contribution in [0.15, 0.2) is 0 Å². The standard InChI is InChI=1S/C13H24O7/c1-7(2)12(14)19-6-8-9(16-3)10(17-4)11(18-5)13(15)20-8/h7-11,13,15H,6H2,1-5H3/t8-,9-,10+,11-,13-/m1/s1. The SMILES string of the molecule is CO[C@@H]1[C@@H](OC)[C@H](O)O[C@H](COC(=O)C(C)C)[C@H]1OC. The summed E-state index contributed by atoms with van der Waals surface area (Å²) in [5.41, 5.74) is 0. The van der Waals surface area contributed by atoms with Gasteiger partial charge in [-0.25, -0.2) is 0 Å². The summed E-state index contributed by atoms with van der Waals surface area (Å²) in [5.74, 6) is -0.560. The summed E-state index contributed by atoms with van der Waals surface area (Å²) >= 11 is 0. The average Bonchev–Trinajstić information content (AvgIpc) is 2.43. The third kappa shape index (κ3) is 3.89. The molecule has 5 atom stereocenters. The minimum atomic E-state index is -1.17. The van der Waals surface area contributed by atoms with E-state index in [0.29, 0.717) is 0 Å². The lowest BCUT2D eigenvalue weighted by Gasteiger charge is -2.42. The van der Waals surface area contributed by atoms with Gasteiger partial charge in [0.15, 0.2) is 6.29 Å². The van der Waals surface area contributed by atoms with Gasteiger partial charge >= 0.3 is 5.97 Å². The molecule has 0 radical (unpaired) electrons. The van der Waals surface area contributed by atoms with Crippen molar-refractivity contribution in [2.45, 2.75) is 44.6 Å². The van der Waals surface area contributed by atoms with E-state index >= 15 is 0 Å². The Hall–Kier alpha value is -0.730. The Morgan fingerprint density at radius 2 is 1.65 bits per heavy atom. The van der Waals surface area contributed by atoms with Gasteiger partial charge in [0, 0.05) is 21.3 Å². The molecule has 7 heteroatoms. The van der Waals surface area contributed by atoms with Gasteiger partial charge in [0.25, 0.3) is 0 Å². The van der Waals surface area contributed by atoms with Crippen molar-refractivity contribution in [2.75, 3.05) is 27.9 Å². The maximum atomic E-state index is 11.5. The van der Waals surface area contributed by atoms with Crippen LogP contribution in [0.3, 0.4) is 0 Å². The van der Waals surface area contributed by atoms with Crippen molar-refractivity contribution in [1.82, 2.24) is 0 Å². The molecule has 118 valence electrons. The van der Waals surface area contributed by atoms with Crippen LogP contribution in [-0.2, 0) is 28.5 Å². The number of hydrogen-bond donors (Lipinski definition) is 1. The lowest BCUT2D eigenvalue weighted by atomic mass is 9.98. The van der Waals surface area contributed by atoms with Crippen molar-refractivity contribution in [1.29, 1.82) is 0 Å². The normalized spacial score (nSPS) is 34.2. The minimum Gasteiger partial charge on any atom is -0.463 e. The van der Waals surface area contributed by atoms with E-state index in [1.807, 2.05) is 0 Å². The summed E-state index contributed by atoms with van der Waals surface area (Å²) in [7, 11) is 4.45. The van der Waals surface area contributed by atoms with Gasteiger partial charge in [0.2, 0.25) is 0 Å².